The topological polar surface area (TPSA) is 26.3 Å². The maximum atomic E-state index is 10.6. The lowest BCUT2D eigenvalue weighted by atomic mass is 10.1. The van der Waals surface area contributed by atoms with Crippen LogP contribution in [0.5, 0.6) is 0 Å². The maximum absolute atomic E-state index is 10.6. The Bertz CT molecular complexity index is 255. The van der Waals surface area contributed by atoms with E-state index < -0.39 is 0 Å². The summed E-state index contributed by atoms with van der Waals surface area (Å²) in [4.78, 5) is 10.6. The molecule has 1 atom stereocenters. The summed E-state index contributed by atoms with van der Waals surface area (Å²) in [5, 5.41) is 0. The van der Waals surface area contributed by atoms with Crippen LogP contribution in [0.4, 0.5) is 0 Å². The van der Waals surface area contributed by atoms with Crippen LogP contribution in [0.15, 0.2) is 30.3 Å². The number of hydrogen-bond donors (Lipinski definition) is 0. The highest BCUT2D eigenvalue weighted by molar-refractivity contribution is 5.66. The van der Waals surface area contributed by atoms with Gasteiger partial charge in [-0.05, 0) is 12.5 Å². The van der Waals surface area contributed by atoms with Crippen LogP contribution in [-0.4, -0.2) is 5.97 Å². The second kappa shape index (κ2) is 11.8. The summed E-state index contributed by atoms with van der Waals surface area (Å²) in [5.74, 6) is -0.244. The van der Waals surface area contributed by atoms with Crippen LogP contribution in [0.1, 0.15) is 53.2 Å². The van der Waals surface area contributed by atoms with Gasteiger partial charge >= 0.3 is 5.97 Å². The van der Waals surface area contributed by atoms with Crippen LogP contribution in [0.2, 0.25) is 0 Å². The monoisotopic (exact) mass is 224 g/mol. The summed E-state index contributed by atoms with van der Waals surface area (Å²) in [6.45, 7) is 11.3. The maximum Gasteiger partial charge on any atom is 0.303 e. The largest absolute Gasteiger partial charge is 0.458 e. The lowest BCUT2D eigenvalue weighted by Crippen LogP contribution is -2.04. The minimum absolute atomic E-state index is 0.149. The molecule has 0 aromatic heterocycles. The highest BCUT2D eigenvalue weighted by Gasteiger charge is 2.06. The van der Waals surface area contributed by atoms with Gasteiger partial charge in [-0.1, -0.05) is 58.0 Å². The molecule has 0 radical (unpaired) electrons. The fraction of sp³-hybridized carbons (Fsp3) is 0.500. The lowest BCUT2D eigenvalue weighted by Gasteiger charge is -2.11. The minimum atomic E-state index is -0.244. The molecule has 0 bridgehead atoms. The van der Waals surface area contributed by atoms with Crippen molar-refractivity contribution in [1.29, 1.82) is 0 Å². The van der Waals surface area contributed by atoms with Gasteiger partial charge in [0.25, 0.3) is 0 Å². The van der Waals surface area contributed by atoms with Gasteiger partial charge in [0.05, 0.1) is 0 Å². The third kappa shape index (κ3) is 8.04. The second-order valence-electron chi connectivity index (χ2n) is 2.66. The third-order valence-electron chi connectivity index (χ3n) is 1.61. The smallest absolute Gasteiger partial charge is 0.303 e. The van der Waals surface area contributed by atoms with Crippen molar-refractivity contribution >= 4 is 5.97 Å². The minimum Gasteiger partial charge on any atom is -0.458 e. The van der Waals surface area contributed by atoms with Gasteiger partial charge < -0.3 is 4.74 Å². The fourth-order valence-electron chi connectivity index (χ4n) is 1.04. The summed E-state index contributed by atoms with van der Waals surface area (Å²) in [7, 11) is 0. The van der Waals surface area contributed by atoms with Gasteiger partial charge in [0, 0.05) is 6.92 Å². The number of benzene rings is 1. The molecular weight excluding hydrogens is 200 g/mol. The molecule has 2 nitrogen and oxygen atoms in total. The Morgan fingerprint density at radius 3 is 1.88 bits per heavy atom. The molecule has 0 aliphatic carbocycles. The summed E-state index contributed by atoms with van der Waals surface area (Å²) < 4.78 is 5.00. The molecule has 1 rings (SSSR count). The van der Waals surface area contributed by atoms with Crippen LogP contribution in [0, 0.1) is 0 Å². The Labute approximate surface area is 99.6 Å². The second-order valence-corrected chi connectivity index (χ2v) is 2.66. The molecule has 0 saturated heterocycles. The molecule has 2 heteroatoms. The first kappa shape index (κ1) is 17.1. The van der Waals surface area contributed by atoms with E-state index in [1.165, 1.54) is 6.92 Å². The molecule has 1 aromatic carbocycles. The Morgan fingerprint density at radius 1 is 1.06 bits per heavy atom. The summed E-state index contributed by atoms with van der Waals surface area (Å²) in [6.07, 6.45) is -0.149. The van der Waals surface area contributed by atoms with Gasteiger partial charge in [0.1, 0.15) is 6.10 Å². The molecular formula is C14H24O2. The van der Waals surface area contributed by atoms with Crippen molar-refractivity contribution in [2.24, 2.45) is 0 Å². The standard InChI is InChI=1S/C10H12O2.2C2H6/c1-8(12-9(2)11)10-6-4-3-5-7-10;2*1-2/h3-8H,1-2H3;2*1-2H3. The van der Waals surface area contributed by atoms with Crippen LogP contribution in [-0.2, 0) is 9.53 Å². The van der Waals surface area contributed by atoms with Gasteiger partial charge in [-0.3, -0.25) is 4.79 Å². The fourth-order valence-corrected chi connectivity index (χ4v) is 1.04. The lowest BCUT2D eigenvalue weighted by molar-refractivity contribution is -0.145. The average Bonchev–Trinajstić information content (AvgIpc) is 2.34. The van der Waals surface area contributed by atoms with Crippen molar-refractivity contribution in [2.75, 3.05) is 0 Å². The van der Waals surface area contributed by atoms with E-state index in [0.29, 0.717) is 0 Å². The molecule has 0 aliphatic heterocycles. The van der Waals surface area contributed by atoms with Crippen molar-refractivity contribution in [1.82, 2.24) is 0 Å². The summed E-state index contributed by atoms with van der Waals surface area (Å²) >= 11 is 0. The van der Waals surface area contributed by atoms with Crippen LogP contribution < -0.4 is 0 Å². The van der Waals surface area contributed by atoms with Crippen molar-refractivity contribution < 1.29 is 9.53 Å². The van der Waals surface area contributed by atoms with Crippen molar-refractivity contribution in [3.63, 3.8) is 0 Å². The molecule has 0 aliphatic rings. The Kier molecular flexibility index (Phi) is 12.6. The van der Waals surface area contributed by atoms with E-state index in [2.05, 4.69) is 0 Å². The van der Waals surface area contributed by atoms with Crippen LogP contribution >= 0.6 is 0 Å². The number of rotatable bonds is 2. The first-order chi connectivity index (χ1) is 7.70. The highest BCUT2D eigenvalue weighted by Crippen LogP contribution is 2.15. The number of ether oxygens (including phenoxy) is 1. The van der Waals surface area contributed by atoms with E-state index in [1.54, 1.807) is 0 Å². The van der Waals surface area contributed by atoms with Crippen LogP contribution in [0.3, 0.4) is 0 Å². The first-order valence-electron chi connectivity index (χ1n) is 5.92. The summed E-state index contributed by atoms with van der Waals surface area (Å²) in [6, 6.07) is 9.66. The molecule has 0 spiro atoms. The molecule has 0 fully saturated rings. The van der Waals surface area contributed by atoms with Crippen LogP contribution in [0.25, 0.3) is 0 Å². The van der Waals surface area contributed by atoms with Gasteiger partial charge in [-0.25, -0.2) is 0 Å². The predicted octanol–water partition coefficient (Wildman–Crippen LogP) is 4.36. The molecule has 0 N–H and O–H groups in total. The number of carbonyl (C=O) groups excluding carboxylic acids is 1. The van der Waals surface area contributed by atoms with E-state index in [9.17, 15) is 4.79 Å². The Morgan fingerprint density at radius 2 is 1.50 bits per heavy atom. The van der Waals surface area contributed by atoms with E-state index in [-0.39, 0.29) is 12.1 Å². The molecule has 1 unspecified atom stereocenters. The number of hydrogen-bond acceptors (Lipinski definition) is 2. The van der Waals surface area contributed by atoms with Gasteiger partial charge in [0.15, 0.2) is 0 Å². The Balaban J connectivity index is 0. The number of carbonyl (C=O) groups is 1. The first-order valence-corrected chi connectivity index (χ1v) is 5.92. The van der Waals surface area contributed by atoms with Gasteiger partial charge in [-0.15, -0.1) is 0 Å². The molecule has 92 valence electrons. The molecule has 16 heavy (non-hydrogen) atoms. The molecule has 0 saturated carbocycles. The van der Waals surface area contributed by atoms with Gasteiger partial charge in [0.2, 0.25) is 0 Å². The van der Waals surface area contributed by atoms with E-state index in [1.807, 2.05) is 65.0 Å². The third-order valence-corrected chi connectivity index (χ3v) is 1.61. The SMILES string of the molecule is CC.CC.CC(=O)OC(C)c1ccccc1. The normalized spacial score (nSPS) is 9.88. The number of esters is 1. The predicted molar refractivity (Wildman–Crippen MR) is 69.3 cm³/mol. The van der Waals surface area contributed by atoms with Crippen molar-refractivity contribution in [3.8, 4) is 0 Å². The highest BCUT2D eigenvalue weighted by atomic mass is 16.5. The Hall–Kier alpha value is -1.31. The average molecular weight is 224 g/mol. The van der Waals surface area contributed by atoms with Crippen molar-refractivity contribution in [3.05, 3.63) is 35.9 Å². The van der Waals surface area contributed by atoms with E-state index in [4.69, 9.17) is 4.74 Å². The van der Waals surface area contributed by atoms with E-state index >= 15 is 0 Å². The van der Waals surface area contributed by atoms with E-state index in [0.717, 1.165) is 5.56 Å². The zero-order valence-corrected chi connectivity index (χ0v) is 11.3. The molecule has 1 aromatic rings. The summed E-state index contributed by atoms with van der Waals surface area (Å²) in [5.41, 5.74) is 1.02. The van der Waals surface area contributed by atoms with Crippen molar-refractivity contribution in [2.45, 2.75) is 47.6 Å². The zero-order chi connectivity index (χ0) is 13.0. The molecule has 0 heterocycles. The zero-order valence-electron chi connectivity index (χ0n) is 11.3. The van der Waals surface area contributed by atoms with Gasteiger partial charge in [-0.2, -0.15) is 0 Å². The molecule has 0 amide bonds. The quantitative estimate of drug-likeness (QED) is 0.697.